The molecule has 0 radical (unpaired) electrons. The van der Waals surface area contributed by atoms with E-state index < -0.39 is 0 Å². The number of unbranched alkanes of at least 4 members (excludes halogenated alkanes) is 14. The Kier molecular flexibility index (Phi) is 15.0. The zero-order valence-electron chi connectivity index (χ0n) is 17.5. The molecular formula is C23H46N2. The molecule has 0 saturated carbocycles. The second-order valence-corrected chi connectivity index (χ2v) is 8.01. The summed E-state index contributed by atoms with van der Waals surface area (Å²) in [5.41, 5.74) is 0. The molecule has 0 atom stereocenters. The van der Waals surface area contributed by atoms with E-state index >= 15 is 0 Å². The van der Waals surface area contributed by atoms with Crippen molar-refractivity contribution < 1.29 is 0 Å². The van der Waals surface area contributed by atoms with Crippen LogP contribution in [0.1, 0.15) is 117 Å². The Morgan fingerprint density at radius 3 is 1.16 bits per heavy atom. The van der Waals surface area contributed by atoms with Crippen LogP contribution in [0.3, 0.4) is 0 Å². The summed E-state index contributed by atoms with van der Waals surface area (Å²) in [7, 11) is 0. The fraction of sp³-hybridized carbons (Fsp3) is 0.913. The van der Waals surface area contributed by atoms with E-state index in [2.05, 4.69) is 36.0 Å². The van der Waals surface area contributed by atoms with Gasteiger partial charge in [-0.1, -0.05) is 104 Å². The van der Waals surface area contributed by atoms with Crippen LogP contribution < -0.4 is 0 Å². The molecule has 148 valence electrons. The van der Waals surface area contributed by atoms with Gasteiger partial charge in [0.25, 0.3) is 0 Å². The zero-order chi connectivity index (χ0) is 18.0. The Balaban J connectivity index is 1.84. The van der Waals surface area contributed by atoms with E-state index in [1.165, 1.54) is 116 Å². The lowest BCUT2D eigenvalue weighted by atomic mass is 10.1. The molecule has 0 unspecified atom stereocenters. The summed E-state index contributed by atoms with van der Waals surface area (Å²) in [6.45, 7) is 8.22. The molecule has 1 aliphatic heterocycles. The van der Waals surface area contributed by atoms with Gasteiger partial charge < -0.3 is 9.80 Å². The monoisotopic (exact) mass is 350 g/mol. The summed E-state index contributed by atoms with van der Waals surface area (Å²) in [6.07, 6.45) is 27.3. The molecule has 0 amide bonds. The van der Waals surface area contributed by atoms with Crippen molar-refractivity contribution in [1.82, 2.24) is 9.80 Å². The summed E-state index contributed by atoms with van der Waals surface area (Å²) in [5, 5.41) is 0. The third kappa shape index (κ3) is 13.2. The van der Waals surface area contributed by atoms with E-state index in [-0.39, 0.29) is 0 Å². The van der Waals surface area contributed by atoms with Gasteiger partial charge in [0, 0.05) is 25.5 Å². The number of hydrogen-bond acceptors (Lipinski definition) is 2. The molecule has 0 aromatic heterocycles. The first-order valence-corrected chi connectivity index (χ1v) is 11.5. The fourth-order valence-electron chi connectivity index (χ4n) is 3.70. The predicted octanol–water partition coefficient (Wildman–Crippen LogP) is 7.31. The molecule has 2 nitrogen and oxygen atoms in total. The minimum atomic E-state index is 1.13. The maximum absolute atomic E-state index is 2.50. The highest BCUT2D eigenvalue weighted by atomic mass is 15.3. The third-order valence-electron chi connectivity index (χ3n) is 5.45. The molecule has 1 rings (SSSR count). The maximum Gasteiger partial charge on any atom is 0.0893 e. The van der Waals surface area contributed by atoms with Gasteiger partial charge in [0.2, 0.25) is 0 Å². The predicted molar refractivity (Wildman–Crippen MR) is 113 cm³/mol. The van der Waals surface area contributed by atoms with Crippen LogP contribution in [0.2, 0.25) is 0 Å². The highest BCUT2D eigenvalue weighted by Gasteiger charge is 2.10. The van der Waals surface area contributed by atoms with Crippen molar-refractivity contribution in [3.05, 3.63) is 12.4 Å². The van der Waals surface area contributed by atoms with E-state index in [0.29, 0.717) is 0 Å². The number of nitrogens with zero attached hydrogens (tertiary/aromatic N) is 2. The van der Waals surface area contributed by atoms with Crippen LogP contribution in [0.4, 0.5) is 0 Å². The molecule has 0 saturated heterocycles. The lowest BCUT2D eigenvalue weighted by molar-refractivity contribution is 0.257. The van der Waals surface area contributed by atoms with Gasteiger partial charge in [0.05, 0.1) is 6.67 Å². The second-order valence-electron chi connectivity index (χ2n) is 8.01. The molecule has 1 aliphatic rings. The maximum atomic E-state index is 2.50. The second kappa shape index (κ2) is 16.8. The van der Waals surface area contributed by atoms with Gasteiger partial charge in [0.1, 0.15) is 0 Å². The first-order valence-electron chi connectivity index (χ1n) is 11.5. The minimum Gasteiger partial charge on any atom is -0.359 e. The van der Waals surface area contributed by atoms with Crippen molar-refractivity contribution in [3.8, 4) is 0 Å². The fourth-order valence-corrected chi connectivity index (χ4v) is 3.70. The normalized spacial score (nSPS) is 14.0. The van der Waals surface area contributed by atoms with Crippen molar-refractivity contribution in [3.63, 3.8) is 0 Å². The number of rotatable bonds is 18. The van der Waals surface area contributed by atoms with Gasteiger partial charge in [-0.15, -0.1) is 0 Å². The molecule has 0 bridgehead atoms. The van der Waals surface area contributed by atoms with Gasteiger partial charge in [-0.25, -0.2) is 0 Å². The highest BCUT2D eigenvalue weighted by Crippen LogP contribution is 2.13. The van der Waals surface area contributed by atoms with Gasteiger partial charge >= 0.3 is 0 Å². The van der Waals surface area contributed by atoms with Gasteiger partial charge in [-0.05, 0) is 12.8 Å². The average molecular weight is 351 g/mol. The summed E-state index contributed by atoms with van der Waals surface area (Å²) < 4.78 is 0. The van der Waals surface area contributed by atoms with Crippen molar-refractivity contribution in [1.29, 1.82) is 0 Å². The SMILES string of the molecule is CCCCCCCCCCN1C=CN(CCCCCCCCCC)C1. The number of hydrogen-bond donors (Lipinski definition) is 0. The molecule has 25 heavy (non-hydrogen) atoms. The van der Waals surface area contributed by atoms with Crippen LogP contribution in [0.5, 0.6) is 0 Å². The first-order chi connectivity index (χ1) is 12.4. The molecular weight excluding hydrogens is 304 g/mol. The van der Waals surface area contributed by atoms with Crippen molar-refractivity contribution in [2.24, 2.45) is 0 Å². The summed E-state index contributed by atoms with van der Waals surface area (Å²) in [6, 6.07) is 0. The standard InChI is InChI=1S/C23H46N2/c1-3-5-7-9-11-13-15-17-19-24-21-22-25(23-24)20-18-16-14-12-10-8-6-4-2/h21-22H,3-20,23H2,1-2H3. The summed E-state index contributed by atoms with van der Waals surface area (Å²) in [5.74, 6) is 0. The van der Waals surface area contributed by atoms with Crippen molar-refractivity contribution in [2.45, 2.75) is 117 Å². The Morgan fingerprint density at radius 1 is 0.480 bits per heavy atom. The Morgan fingerprint density at radius 2 is 0.800 bits per heavy atom. The Hall–Kier alpha value is -0.660. The Bertz CT molecular complexity index is 272. The average Bonchev–Trinajstić information content (AvgIpc) is 3.07. The molecule has 0 fully saturated rings. The van der Waals surface area contributed by atoms with Crippen LogP contribution in [-0.2, 0) is 0 Å². The molecule has 0 aromatic rings. The van der Waals surface area contributed by atoms with E-state index in [4.69, 9.17) is 0 Å². The quantitative estimate of drug-likeness (QED) is 0.239. The Labute approximate surface area is 159 Å². The highest BCUT2D eigenvalue weighted by molar-refractivity contribution is 4.90. The third-order valence-corrected chi connectivity index (χ3v) is 5.45. The largest absolute Gasteiger partial charge is 0.359 e. The molecule has 1 heterocycles. The van der Waals surface area contributed by atoms with E-state index in [1.807, 2.05) is 0 Å². The lowest BCUT2D eigenvalue weighted by Crippen LogP contribution is -2.26. The van der Waals surface area contributed by atoms with Crippen LogP contribution in [0, 0.1) is 0 Å². The van der Waals surface area contributed by atoms with Crippen LogP contribution in [0.25, 0.3) is 0 Å². The van der Waals surface area contributed by atoms with Gasteiger partial charge in [0.15, 0.2) is 0 Å². The van der Waals surface area contributed by atoms with Gasteiger partial charge in [-0.2, -0.15) is 0 Å². The van der Waals surface area contributed by atoms with Crippen molar-refractivity contribution in [2.75, 3.05) is 19.8 Å². The molecule has 0 spiro atoms. The topological polar surface area (TPSA) is 6.48 Å². The van der Waals surface area contributed by atoms with E-state index in [9.17, 15) is 0 Å². The molecule has 0 aromatic carbocycles. The lowest BCUT2D eigenvalue weighted by Gasteiger charge is -2.21. The van der Waals surface area contributed by atoms with Crippen LogP contribution in [0.15, 0.2) is 12.4 Å². The summed E-state index contributed by atoms with van der Waals surface area (Å²) in [4.78, 5) is 5.00. The molecule has 0 N–H and O–H groups in total. The zero-order valence-corrected chi connectivity index (χ0v) is 17.5. The molecule has 2 heteroatoms. The summed E-state index contributed by atoms with van der Waals surface area (Å²) >= 11 is 0. The smallest absolute Gasteiger partial charge is 0.0893 e. The minimum absolute atomic E-state index is 1.13. The van der Waals surface area contributed by atoms with Crippen LogP contribution >= 0.6 is 0 Å². The van der Waals surface area contributed by atoms with Gasteiger partial charge in [-0.3, -0.25) is 0 Å². The van der Waals surface area contributed by atoms with Crippen molar-refractivity contribution >= 4 is 0 Å². The van der Waals surface area contributed by atoms with E-state index in [1.54, 1.807) is 0 Å². The van der Waals surface area contributed by atoms with Crippen LogP contribution in [-0.4, -0.2) is 29.6 Å². The first kappa shape index (κ1) is 22.4. The van der Waals surface area contributed by atoms with E-state index in [0.717, 1.165) is 6.67 Å². The molecule has 0 aliphatic carbocycles.